The molecule has 0 radical (unpaired) electrons. The highest BCUT2D eigenvalue weighted by Crippen LogP contribution is 2.20. The van der Waals surface area contributed by atoms with Crippen LogP contribution < -0.4 is 0 Å². The molecule has 0 heterocycles. The van der Waals surface area contributed by atoms with Crippen LogP contribution >= 0.6 is 0 Å². The molecule has 1 rings (SSSR count). The van der Waals surface area contributed by atoms with Crippen molar-refractivity contribution in [3.8, 4) is 0 Å². The molecule has 90 valence electrons. The monoisotopic (exact) mass is 225 g/mol. The number of nitrogens with zero attached hydrogens (tertiary/aromatic N) is 1. The molecule has 0 aromatic rings. The molecule has 1 aliphatic rings. The smallest absolute Gasteiger partial charge is 0.325 e. The van der Waals surface area contributed by atoms with Gasteiger partial charge in [0.25, 0.3) is 0 Å². The molecule has 0 atom stereocenters. The molecule has 0 saturated heterocycles. The van der Waals surface area contributed by atoms with Gasteiger partial charge in [0.05, 0.1) is 0 Å². The van der Waals surface area contributed by atoms with Crippen LogP contribution in [0.15, 0.2) is 12.7 Å². The fraction of sp³-hybridized carbons (Fsp3) is 0.667. The molecular weight excluding hydrogens is 206 g/mol. The summed E-state index contributed by atoms with van der Waals surface area (Å²) in [5, 5.41) is 0. The van der Waals surface area contributed by atoms with Crippen molar-refractivity contribution in [3.63, 3.8) is 0 Å². The third-order valence-corrected chi connectivity index (χ3v) is 2.72. The third-order valence-electron chi connectivity index (χ3n) is 2.72. The molecule has 4 heteroatoms. The van der Waals surface area contributed by atoms with Gasteiger partial charge in [0, 0.05) is 13.5 Å². The van der Waals surface area contributed by atoms with Gasteiger partial charge in [-0.05, 0) is 25.7 Å². The molecule has 1 fully saturated rings. The zero-order valence-electron chi connectivity index (χ0n) is 9.78. The van der Waals surface area contributed by atoms with Crippen molar-refractivity contribution in [1.82, 2.24) is 4.90 Å². The van der Waals surface area contributed by atoms with Crippen LogP contribution in [0.25, 0.3) is 0 Å². The van der Waals surface area contributed by atoms with Gasteiger partial charge in [0.2, 0.25) is 5.91 Å². The van der Waals surface area contributed by atoms with Gasteiger partial charge in [0.1, 0.15) is 12.6 Å². The summed E-state index contributed by atoms with van der Waals surface area (Å²) < 4.78 is 5.27. The second kappa shape index (κ2) is 6.30. The van der Waals surface area contributed by atoms with E-state index in [0.29, 0.717) is 6.54 Å². The van der Waals surface area contributed by atoms with Gasteiger partial charge in [-0.3, -0.25) is 9.59 Å². The topological polar surface area (TPSA) is 46.6 Å². The minimum Gasteiger partial charge on any atom is -0.461 e. The van der Waals surface area contributed by atoms with Gasteiger partial charge in [0.15, 0.2) is 0 Å². The Bertz CT molecular complexity index is 269. The van der Waals surface area contributed by atoms with Crippen LogP contribution in [-0.2, 0) is 14.3 Å². The third kappa shape index (κ3) is 4.04. The van der Waals surface area contributed by atoms with Gasteiger partial charge in [-0.2, -0.15) is 0 Å². The van der Waals surface area contributed by atoms with E-state index in [-0.39, 0.29) is 24.5 Å². The predicted molar refractivity (Wildman–Crippen MR) is 60.8 cm³/mol. The number of amides is 1. The maximum absolute atomic E-state index is 11.5. The maximum atomic E-state index is 11.5. The van der Waals surface area contributed by atoms with Crippen LogP contribution in [0.5, 0.6) is 0 Å². The van der Waals surface area contributed by atoms with Crippen molar-refractivity contribution in [2.24, 2.45) is 0 Å². The van der Waals surface area contributed by atoms with E-state index < -0.39 is 0 Å². The standard InChI is InChI=1S/C12H19NO3/c1-3-8-13(10(2)14)9-12(15)16-11-6-4-5-7-11/h3,11H,1,4-9H2,2H3. The molecule has 0 spiro atoms. The van der Waals surface area contributed by atoms with E-state index in [0.717, 1.165) is 25.7 Å². The summed E-state index contributed by atoms with van der Waals surface area (Å²) in [5.41, 5.74) is 0. The predicted octanol–water partition coefficient (Wildman–Crippen LogP) is 1.51. The van der Waals surface area contributed by atoms with E-state index in [2.05, 4.69) is 6.58 Å². The largest absolute Gasteiger partial charge is 0.461 e. The molecule has 0 bridgehead atoms. The lowest BCUT2D eigenvalue weighted by atomic mass is 10.3. The molecule has 0 unspecified atom stereocenters. The first-order chi connectivity index (χ1) is 7.63. The Morgan fingerprint density at radius 3 is 2.56 bits per heavy atom. The lowest BCUT2D eigenvalue weighted by Gasteiger charge is -2.19. The Kier molecular flexibility index (Phi) is 5.02. The quantitative estimate of drug-likeness (QED) is 0.526. The fourth-order valence-electron chi connectivity index (χ4n) is 1.85. The number of esters is 1. The zero-order valence-corrected chi connectivity index (χ0v) is 9.78. The Morgan fingerprint density at radius 1 is 1.44 bits per heavy atom. The minimum atomic E-state index is -0.316. The number of carbonyl (C=O) groups excluding carboxylic acids is 2. The first kappa shape index (κ1) is 12.7. The summed E-state index contributed by atoms with van der Waals surface area (Å²) in [6, 6.07) is 0. The number of ether oxygens (including phenoxy) is 1. The molecule has 0 N–H and O–H groups in total. The first-order valence-electron chi connectivity index (χ1n) is 5.69. The number of hydrogen-bond donors (Lipinski definition) is 0. The highest BCUT2D eigenvalue weighted by molar-refractivity contribution is 5.80. The lowest BCUT2D eigenvalue weighted by molar-refractivity contribution is -0.152. The van der Waals surface area contributed by atoms with Gasteiger partial charge < -0.3 is 9.64 Å². The normalized spacial score (nSPS) is 15.8. The maximum Gasteiger partial charge on any atom is 0.325 e. The van der Waals surface area contributed by atoms with E-state index in [4.69, 9.17) is 4.74 Å². The van der Waals surface area contributed by atoms with Crippen LogP contribution in [0.1, 0.15) is 32.6 Å². The molecule has 0 aromatic carbocycles. The van der Waals surface area contributed by atoms with Crippen molar-refractivity contribution in [2.45, 2.75) is 38.7 Å². The van der Waals surface area contributed by atoms with E-state index in [1.165, 1.54) is 11.8 Å². The summed E-state index contributed by atoms with van der Waals surface area (Å²) >= 11 is 0. The fourth-order valence-corrected chi connectivity index (χ4v) is 1.85. The molecule has 0 aromatic heterocycles. The summed E-state index contributed by atoms with van der Waals surface area (Å²) in [6.07, 6.45) is 5.82. The Hall–Kier alpha value is -1.32. The average Bonchev–Trinajstić information content (AvgIpc) is 2.69. The van der Waals surface area contributed by atoms with E-state index in [1.54, 1.807) is 6.08 Å². The number of rotatable bonds is 5. The van der Waals surface area contributed by atoms with Crippen LogP contribution in [0.2, 0.25) is 0 Å². The van der Waals surface area contributed by atoms with E-state index in [1.807, 2.05) is 0 Å². The number of carbonyl (C=O) groups is 2. The van der Waals surface area contributed by atoms with Crippen molar-refractivity contribution in [2.75, 3.05) is 13.1 Å². The number of hydrogen-bond acceptors (Lipinski definition) is 3. The van der Waals surface area contributed by atoms with E-state index in [9.17, 15) is 9.59 Å². The van der Waals surface area contributed by atoms with E-state index >= 15 is 0 Å². The zero-order chi connectivity index (χ0) is 12.0. The molecule has 0 aliphatic heterocycles. The molecular formula is C12H19NO3. The molecule has 1 amide bonds. The lowest BCUT2D eigenvalue weighted by Crippen LogP contribution is -2.35. The molecule has 1 aliphatic carbocycles. The SMILES string of the molecule is C=CCN(CC(=O)OC1CCCC1)C(C)=O. The van der Waals surface area contributed by atoms with Gasteiger partial charge in [-0.15, -0.1) is 6.58 Å². The summed E-state index contributed by atoms with van der Waals surface area (Å²) in [5.74, 6) is -0.452. The second-order valence-electron chi connectivity index (χ2n) is 4.08. The highest BCUT2D eigenvalue weighted by atomic mass is 16.5. The molecule has 4 nitrogen and oxygen atoms in total. The summed E-state index contributed by atoms with van der Waals surface area (Å²) in [4.78, 5) is 24.1. The Labute approximate surface area is 96.3 Å². The van der Waals surface area contributed by atoms with Crippen molar-refractivity contribution >= 4 is 11.9 Å². The minimum absolute atomic E-state index is 0.0256. The first-order valence-corrected chi connectivity index (χ1v) is 5.69. The second-order valence-corrected chi connectivity index (χ2v) is 4.08. The van der Waals surface area contributed by atoms with Gasteiger partial charge in [-0.1, -0.05) is 6.08 Å². The summed E-state index contributed by atoms with van der Waals surface area (Å²) in [6.45, 7) is 5.39. The van der Waals surface area contributed by atoms with Gasteiger partial charge >= 0.3 is 5.97 Å². The summed E-state index contributed by atoms with van der Waals surface area (Å²) in [7, 11) is 0. The van der Waals surface area contributed by atoms with Crippen molar-refractivity contribution < 1.29 is 14.3 Å². The van der Waals surface area contributed by atoms with Crippen molar-refractivity contribution in [3.05, 3.63) is 12.7 Å². The van der Waals surface area contributed by atoms with Crippen LogP contribution in [-0.4, -0.2) is 36.0 Å². The Morgan fingerprint density at radius 2 is 2.06 bits per heavy atom. The molecule has 16 heavy (non-hydrogen) atoms. The van der Waals surface area contributed by atoms with Crippen LogP contribution in [0.3, 0.4) is 0 Å². The van der Waals surface area contributed by atoms with Gasteiger partial charge in [-0.25, -0.2) is 0 Å². The Balaban J connectivity index is 2.35. The van der Waals surface area contributed by atoms with Crippen LogP contribution in [0, 0.1) is 0 Å². The van der Waals surface area contributed by atoms with Crippen LogP contribution in [0.4, 0.5) is 0 Å². The average molecular weight is 225 g/mol. The van der Waals surface area contributed by atoms with Crippen molar-refractivity contribution in [1.29, 1.82) is 0 Å². The molecule has 1 saturated carbocycles. The highest BCUT2D eigenvalue weighted by Gasteiger charge is 2.21.